The highest BCUT2D eigenvalue weighted by atomic mass is 32.1. The smallest absolute Gasteiger partial charge is 0.182 e. The molecular weight excluding hydrogens is 208 g/mol. The number of aliphatic hydroxyl groups excluding tert-OH is 1. The van der Waals surface area contributed by atoms with Crippen LogP contribution in [0.25, 0.3) is 11.3 Å². The fourth-order valence-corrected chi connectivity index (χ4v) is 2.09. The lowest BCUT2D eigenvalue weighted by molar-refractivity contribution is 0.282. The van der Waals surface area contributed by atoms with Crippen molar-refractivity contribution in [3.63, 3.8) is 0 Å². The van der Waals surface area contributed by atoms with E-state index in [0.717, 1.165) is 22.0 Å². The van der Waals surface area contributed by atoms with E-state index in [9.17, 15) is 5.11 Å². The standard InChI is InChI=1S/C11H12N2OS/c1-12-11-13-10(7-15-11)9-5-3-2-4-8(9)6-14/h2-5,7,14H,6H2,1H3,(H,12,13). The van der Waals surface area contributed by atoms with Crippen molar-refractivity contribution in [3.8, 4) is 11.3 Å². The van der Waals surface area contributed by atoms with Crippen LogP contribution in [0.15, 0.2) is 29.6 Å². The normalized spacial score (nSPS) is 10.3. The monoisotopic (exact) mass is 220 g/mol. The van der Waals surface area contributed by atoms with E-state index in [2.05, 4.69) is 10.3 Å². The Balaban J connectivity index is 2.44. The van der Waals surface area contributed by atoms with Crippen LogP contribution in [0.1, 0.15) is 5.56 Å². The van der Waals surface area contributed by atoms with Gasteiger partial charge >= 0.3 is 0 Å². The maximum Gasteiger partial charge on any atom is 0.182 e. The van der Waals surface area contributed by atoms with Crippen LogP contribution < -0.4 is 5.32 Å². The molecular formula is C11H12N2OS. The minimum absolute atomic E-state index is 0.0442. The molecule has 1 aromatic heterocycles. The van der Waals surface area contributed by atoms with Crippen LogP contribution in [0, 0.1) is 0 Å². The van der Waals surface area contributed by atoms with Gasteiger partial charge in [-0.15, -0.1) is 11.3 Å². The van der Waals surface area contributed by atoms with Crippen LogP contribution in [0.2, 0.25) is 0 Å². The number of nitrogens with one attached hydrogen (secondary N) is 1. The van der Waals surface area contributed by atoms with Crippen LogP contribution in [-0.4, -0.2) is 17.1 Å². The molecule has 2 N–H and O–H groups in total. The van der Waals surface area contributed by atoms with Crippen molar-refractivity contribution < 1.29 is 5.11 Å². The fourth-order valence-electron chi connectivity index (χ4n) is 1.42. The summed E-state index contributed by atoms with van der Waals surface area (Å²) in [6, 6.07) is 7.75. The Kier molecular flexibility index (Phi) is 2.99. The minimum Gasteiger partial charge on any atom is -0.392 e. The van der Waals surface area contributed by atoms with E-state index in [1.54, 1.807) is 11.3 Å². The Hall–Kier alpha value is -1.39. The Morgan fingerprint density at radius 3 is 2.87 bits per heavy atom. The highest BCUT2D eigenvalue weighted by Crippen LogP contribution is 2.27. The summed E-state index contributed by atoms with van der Waals surface area (Å²) in [5.41, 5.74) is 2.82. The van der Waals surface area contributed by atoms with Gasteiger partial charge in [-0.1, -0.05) is 24.3 Å². The van der Waals surface area contributed by atoms with Crippen molar-refractivity contribution in [2.24, 2.45) is 0 Å². The van der Waals surface area contributed by atoms with Crippen LogP contribution >= 0.6 is 11.3 Å². The summed E-state index contributed by atoms with van der Waals surface area (Å²) in [4.78, 5) is 4.40. The van der Waals surface area contributed by atoms with E-state index in [0.29, 0.717) is 0 Å². The molecule has 0 spiro atoms. The third kappa shape index (κ3) is 2.00. The molecule has 0 saturated carbocycles. The number of anilines is 1. The lowest BCUT2D eigenvalue weighted by atomic mass is 10.1. The molecule has 2 rings (SSSR count). The minimum atomic E-state index is 0.0442. The summed E-state index contributed by atoms with van der Waals surface area (Å²) in [6.07, 6.45) is 0. The molecule has 0 saturated heterocycles. The molecule has 3 nitrogen and oxygen atoms in total. The summed E-state index contributed by atoms with van der Waals surface area (Å²) in [6.45, 7) is 0.0442. The van der Waals surface area contributed by atoms with Crippen molar-refractivity contribution in [2.75, 3.05) is 12.4 Å². The number of thiazole rings is 1. The zero-order valence-corrected chi connectivity index (χ0v) is 9.21. The second-order valence-corrected chi connectivity index (χ2v) is 3.96. The van der Waals surface area contributed by atoms with Crippen LogP contribution in [0.4, 0.5) is 5.13 Å². The van der Waals surface area contributed by atoms with Gasteiger partial charge in [-0.25, -0.2) is 4.98 Å². The quantitative estimate of drug-likeness (QED) is 0.834. The molecule has 1 heterocycles. The molecule has 0 atom stereocenters. The first-order valence-corrected chi connectivity index (χ1v) is 5.55. The second-order valence-electron chi connectivity index (χ2n) is 3.10. The van der Waals surface area contributed by atoms with E-state index < -0.39 is 0 Å². The van der Waals surface area contributed by atoms with E-state index in [1.165, 1.54) is 0 Å². The molecule has 0 amide bonds. The van der Waals surface area contributed by atoms with Gasteiger partial charge in [-0.05, 0) is 5.56 Å². The van der Waals surface area contributed by atoms with Gasteiger partial charge in [0, 0.05) is 18.0 Å². The van der Waals surface area contributed by atoms with E-state index >= 15 is 0 Å². The van der Waals surface area contributed by atoms with Gasteiger partial charge in [0.15, 0.2) is 5.13 Å². The van der Waals surface area contributed by atoms with Crippen molar-refractivity contribution in [3.05, 3.63) is 35.2 Å². The third-order valence-corrected chi connectivity index (χ3v) is 3.04. The van der Waals surface area contributed by atoms with Gasteiger partial charge in [-0.2, -0.15) is 0 Å². The summed E-state index contributed by atoms with van der Waals surface area (Å²) < 4.78 is 0. The van der Waals surface area contributed by atoms with Gasteiger partial charge in [0.1, 0.15) is 0 Å². The molecule has 4 heteroatoms. The van der Waals surface area contributed by atoms with Gasteiger partial charge in [0.05, 0.1) is 12.3 Å². The maximum absolute atomic E-state index is 9.20. The van der Waals surface area contributed by atoms with E-state index in [1.807, 2.05) is 36.7 Å². The number of aliphatic hydroxyl groups is 1. The molecule has 78 valence electrons. The maximum atomic E-state index is 9.20. The topological polar surface area (TPSA) is 45.2 Å². The average molecular weight is 220 g/mol. The summed E-state index contributed by atoms with van der Waals surface area (Å²) in [5.74, 6) is 0. The highest BCUT2D eigenvalue weighted by molar-refractivity contribution is 7.14. The number of nitrogens with zero attached hydrogens (tertiary/aromatic N) is 1. The number of hydrogen-bond donors (Lipinski definition) is 2. The van der Waals surface area contributed by atoms with Crippen LogP contribution in [0.3, 0.4) is 0 Å². The largest absolute Gasteiger partial charge is 0.392 e. The lowest BCUT2D eigenvalue weighted by Crippen LogP contribution is -1.90. The first kappa shape index (κ1) is 10.1. The second kappa shape index (κ2) is 4.42. The third-order valence-electron chi connectivity index (χ3n) is 2.18. The van der Waals surface area contributed by atoms with Gasteiger partial charge in [0.25, 0.3) is 0 Å². The van der Waals surface area contributed by atoms with E-state index in [-0.39, 0.29) is 6.61 Å². The molecule has 0 aliphatic heterocycles. The number of benzene rings is 1. The van der Waals surface area contributed by atoms with Crippen molar-refractivity contribution >= 4 is 16.5 Å². The molecule has 15 heavy (non-hydrogen) atoms. The van der Waals surface area contributed by atoms with Crippen molar-refractivity contribution in [1.82, 2.24) is 4.98 Å². The lowest BCUT2D eigenvalue weighted by Gasteiger charge is -2.03. The van der Waals surface area contributed by atoms with Gasteiger partial charge in [0.2, 0.25) is 0 Å². The number of aromatic nitrogens is 1. The molecule has 0 radical (unpaired) electrons. The average Bonchev–Trinajstić information content (AvgIpc) is 2.77. The Morgan fingerprint density at radius 2 is 2.20 bits per heavy atom. The SMILES string of the molecule is CNc1nc(-c2ccccc2CO)cs1. The molecule has 1 aromatic carbocycles. The predicted molar refractivity (Wildman–Crippen MR) is 63.0 cm³/mol. The Labute approximate surface area is 92.4 Å². The molecule has 0 aliphatic carbocycles. The van der Waals surface area contributed by atoms with Gasteiger partial charge < -0.3 is 10.4 Å². The Morgan fingerprint density at radius 1 is 1.40 bits per heavy atom. The number of rotatable bonds is 3. The Bertz CT molecular complexity index is 453. The van der Waals surface area contributed by atoms with E-state index in [4.69, 9.17) is 0 Å². The predicted octanol–water partition coefficient (Wildman–Crippen LogP) is 2.34. The van der Waals surface area contributed by atoms with Crippen LogP contribution in [0.5, 0.6) is 0 Å². The van der Waals surface area contributed by atoms with Crippen molar-refractivity contribution in [2.45, 2.75) is 6.61 Å². The molecule has 0 unspecified atom stereocenters. The zero-order valence-electron chi connectivity index (χ0n) is 8.40. The van der Waals surface area contributed by atoms with Crippen LogP contribution in [-0.2, 0) is 6.61 Å². The zero-order chi connectivity index (χ0) is 10.7. The first-order valence-electron chi connectivity index (χ1n) is 4.67. The summed E-state index contributed by atoms with van der Waals surface area (Å²) in [7, 11) is 1.85. The number of hydrogen-bond acceptors (Lipinski definition) is 4. The molecule has 0 bridgehead atoms. The fraction of sp³-hybridized carbons (Fsp3) is 0.182. The highest BCUT2D eigenvalue weighted by Gasteiger charge is 2.07. The molecule has 2 aromatic rings. The first-order chi connectivity index (χ1) is 7.35. The summed E-state index contributed by atoms with van der Waals surface area (Å²) >= 11 is 1.56. The molecule has 0 fully saturated rings. The summed E-state index contributed by atoms with van der Waals surface area (Å²) in [5, 5.41) is 15.1. The van der Waals surface area contributed by atoms with Crippen molar-refractivity contribution in [1.29, 1.82) is 0 Å². The molecule has 0 aliphatic rings. The van der Waals surface area contributed by atoms with Gasteiger partial charge in [-0.3, -0.25) is 0 Å².